The minimum Gasteiger partial charge on any atom is -0.388 e. The quantitative estimate of drug-likeness (QED) is 0.562. The first-order valence-electron chi connectivity index (χ1n) is 8.55. The molecule has 1 fully saturated rings. The van der Waals surface area contributed by atoms with Crippen molar-refractivity contribution >= 4 is 25.1 Å². The van der Waals surface area contributed by atoms with Crippen molar-refractivity contribution in [3.8, 4) is 0 Å². The van der Waals surface area contributed by atoms with Crippen molar-refractivity contribution in [2.24, 2.45) is 0 Å². The number of rotatable bonds is 3. The maximum atomic E-state index is 11.3. The zero-order valence-electron chi connectivity index (χ0n) is 15.7. The first kappa shape index (κ1) is 19.2. The molecule has 1 aliphatic heterocycles. The number of aromatic nitrogens is 4. The Morgan fingerprint density at radius 1 is 1.35 bits per heavy atom. The number of anilines is 1. The number of hydrogen-bond acceptors (Lipinski definition) is 8. The summed E-state index contributed by atoms with van der Waals surface area (Å²) in [6, 6.07) is 0. The van der Waals surface area contributed by atoms with Crippen LogP contribution in [0.4, 0.5) is 5.82 Å². The van der Waals surface area contributed by atoms with Crippen molar-refractivity contribution in [2.75, 3.05) is 12.3 Å². The second-order valence-electron chi connectivity index (χ2n) is 8.52. The summed E-state index contributed by atoms with van der Waals surface area (Å²) < 4.78 is 7.06. The number of nitrogens with zero attached hydrogens (tertiary/aromatic N) is 4. The van der Waals surface area contributed by atoms with Crippen LogP contribution in [0.3, 0.4) is 0 Å². The molecule has 0 aromatic carbocycles. The highest BCUT2D eigenvalue weighted by molar-refractivity contribution is 6.83. The van der Waals surface area contributed by atoms with Crippen molar-refractivity contribution in [1.29, 1.82) is 0 Å². The fourth-order valence-corrected chi connectivity index (χ4v) is 5.99. The molecule has 0 radical (unpaired) electrons. The summed E-state index contributed by atoms with van der Waals surface area (Å²) in [6.07, 6.45) is -0.874. The van der Waals surface area contributed by atoms with Crippen LogP contribution in [-0.2, 0) is 4.74 Å². The lowest BCUT2D eigenvalue weighted by molar-refractivity contribution is -0.0849. The van der Waals surface area contributed by atoms with Gasteiger partial charge in [-0.3, -0.25) is 4.57 Å². The summed E-state index contributed by atoms with van der Waals surface area (Å²) in [4.78, 5) is 12.1. The third-order valence-corrected chi connectivity index (χ3v) is 12.6. The average molecular weight is 382 g/mol. The van der Waals surface area contributed by atoms with E-state index in [0.29, 0.717) is 11.2 Å². The van der Waals surface area contributed by atoms with Gasteiger partial charge in [0.25, 0.3) is 0 Å². The Bertz CT molecular complexity index is 821. The number of fused-ring (bicyclic) bond motifs is 1. The zero-order valence-corrected chi connectivity index (χ0v) is 16.7. The van der Waals surface area contributed by atoms with Crippen molar-refractivity contribution in [3.05, 3.63) is 12.7 Å². The van der Waals surface area contributed by atoms with E-state index >= 15 is 0 Å². The molecular formula is C16H27N5O4Si. The molecule has 2 aromatic heterocycles. The van der Waals surface area contributed by atoms with Gasteiger partial charge in [-0.25, -0.2) is 15.0 Å². The lowest BCUT2D eigenvalue weighted by atomic mass is 10.1. The fraction of sp³-hybridized carbons (Fsp3) is 0.688. The van der Waals surface area contributed by atoms with Crippen LogP contribution in [0.15, 0.2) is 12.7 Å². The molecular weight excluding hydrogens is 354 g/mol. The van der Waals surface area contributed by atoms with Gasteiger partial charge in [0, 0.05) is 0 Å². The van der Waals surface area contributed by atoms with Crippen molar-refractivity contribution in [3.63, 3.8) is 0 Å². The number of aliphatic hydroxyl groups excluding tert-OH is 2. The molecule has 0 bridgehead atoms. The number of aliphatic hydroxyl groups is 3. The Balaban J connectivity index is 1.95. The van der Waals surface area contributed by atoms with Gasteiger partial charge in [0.15, 0.2) is 17.7 Å². The van der Waals surface area contributed by atoms with E-state index in [-0.39, 0.29) is 17.5 Å². The molecule has 0 amide bonds. The van der Waals surface area contributed by atoms with Crippen LogP contribution in [0, 0.1) is 0 Å². The number of nitrogen functional groups attached to an aromatic ring is 1. The van der Waals surface area contributed by atoms with Crippen LogP contribution in [0.2, 0.25) is 18.1 Å². The van der Waals surface area contributed by atoms with Gasteiger partial charge >= 0.3 is 0 Å². The van der Waals surface area contributed by atoms with E-state index in [4.69, 9.17) is 10.5 Å². The molecule has 0 aliphatic carbocycles. The highest BCUT2D eigenvalue weighted by Crippen LogP contribution is 2.48. The van der Waals surface area contributed by atoms with Crippen LogP contribution in [0.25, 0.3) is 11.2 Å². The predicted molar refractivity (Wildman–Crippen MR) is 98.9 cm³/mol. The SMILES string of the molecule is CC(C)(C)[Si](C)(C)[C@@]1(O)CO[C@H](C(O)n2cnc3c(N)ncnc32)[C@H]1O. The summed E-state index contributed by atoms with van der Waals surface area (Å²) in [7, 11) is -2.40. The van der Waals surface area contributed by atoms with Gasteiger partial charge in [-0.05, 0) is 5.04 Å². The van der Waals surface area contributed by atoms with Gasteiger partial charge < -0.3 is 25.8 Å². The lowest BCUT2D eigenvalue weighted by Crippen LogP contribution is -2.66. The van der Waals surface area contributed by atoms with E-state index in [2.05, 4.69) is 35.7 Å². The highest BCUT2D eigenvalue weighted by Gasteiger charge is 2.62. The third-order valence-electron chi connectivity index (χ3n) is 6.22. The smallest absolute Gasteiger partial charge is 0.167 e. The van der Waals surface area contributed by atoms with Gasteiger partial charge in [-0.15, -0.1) is 0 Å². The highest BCUT2D eigenvalue weighted by atomic mass is 28.3. The van der Waals surface area contributed by atoms with Gasteiger partial charge in [-0.2, -0.15) is 0 Å². The molecule has 1 saturated heterocycles. The molecule has 4 atom stereocenters. The van der Waals surface area contributed by atoms with Gasteiger partial charge in [-0.1, -0.05) is 33.9 Å². The van der Waals surface area contributed by atoms with Crippen molar-refractivity contribution in [1.82, 2.24) is 19.5 Å². The normalized spacial score (nSPS) is 28.6. The first-order valence-corrected chi connectivity index (χ1v) is 11.5. The second kappa shape index (κ2) is 5.96. The van der Waals surface area contributed by atoms with E-state index in [1.54, 1.807) is 0 Å². The maximum Gasteiger partial charge on any atom is 0.167 e. The Labute approximate surface area is 152 Å². The molecule has 26 heavy (non-hydrogen) atoms. The molecule has 0 spiro atoms. The van der Waals surface area contributed by atoms with E-state index in [9.17, 15) is 15.3 Å². The summed E-state index contributed by atoms with van der Waals surface area (Å²) in [5.74, 6) is 0.201. The number of ether oxygens (including phenoxy) is 1. The summed E-state index contributed by atoms with van der Waals surface area (Å²) >= 11 is 0. The van der Waals surface area contributed by atoms with E-state index in [1.165, 1.54) is 17.2 Å². The molecule has 0 saturated carbocycles. The molecule has 1 unspecified atom stereocenters. The molecule has 3 heterocycles. The van der Waals surface area contributed by atoms with Crippen LogP contribution >= 0.6 is 0 Å². The maximum absolute atomic E-state index is 11.3. The summed E-state index contributed by atoms with van der Waals surface area (Å²) in [6.45, 7) is 10.2. The Morgan fingerprint density at radius 3 is 2.62 bits per heavy atom. The number of imidazole rings is 1. The number of hydrogen-bond donors (Lipinski definition) is 4. The van der Waals surface area contributed by atoms with E-state index in [1.807, 2.05) is 13.1 Å². The Hall–Kier alpha value is -1.59. The molecule has 2 aromatic rings. The fourth-order valence-electron chi connectivity index (χ4n) is 3.34. The molecule has 10 heteroatoms. The van der Waals surface area contributed by atoms with Crippen molar-refractivity contribution < 1.29 is 20.1 Å². The second-order valence-corrected chi connectivity index (χ2v) is 14.1. The molecule has 5 N–H and O–H groups in total. The monoisotopic (exact) mass is 381 g/mol. The average Bonchev–Trinajstić information content (AvgIpc) is 3.10. The molecule has 9 nitrogen and oxygen atoms in total. The van der Waals surface area contributed by atoms with Gasteiger partial charge in [0.05, 0.1) is 21.0 Å². The minimum atomic E-state index is -2.40. The van der Waals surface area contributed by atoms with Crippen LogP contribution in [0.1, 0.15) is 27.0 Å². The standard InChI is InChI=1S/C16H27N5O4Si/c1-15(2,3)26(4,5)16(24)6-25-10(11(16)22)14(23)21-8-20-9-12(17)18-7-19-13(9)21/h7-8,10-11,14,22-24H,6H2,1-5H3,(H2,17,18,19)/t10-,11+,14?,16-/m0/s1. The summed E-state index contributed by atoms with van der Waals surface area (Å²) in [5.41, 5.74) is 6.47. The van der Waals surface area contributed by atoms with E-state index < -0.39 is 31.7 Å². The third kappa shape index (κ3) is 2.55. The molecule has 1 aliphatic rings. The van der Waals surface area contributed by atoms with Crippen LogP contribution in [0.5, 0.6) is 0 Å². The van der Waals surface area contributed by atoms with Gasteiger partial charge in [0.1, 0.15) is 29.3 Å². The molecule has 144 valence electrons. The topological polar surface area (TPSA) is 140 Å². The minimum absolute atomic E-state index is 0.0316. The zero-order chi connectivity index (χ0) is 19.5. The summed E-state index contributed by atoms with van der Waals surface area (Å²) in [5, 5.41) is 31.5. The van der Waals surface area contributed by atoms with Gasteiger partial charge in [0.2, 0.25) is 0 Å². The molecule has 3 rings (SSSR count). The Morgan fingerprint density at radius 2 is 2.00 bits per heavy atom. The first-order chi connectivity index (χ1) is 11.9. The van der Waals surface area contributed by atoms with Crippen LogP contribution < -0.4 is 5.73 Å². The van der Waals surface area contributed by atoms with Crippen LogP contribution in [-0.4, -0.2) is 67.0 Å². The number of nitrogens with two attached hydrogens (primary N) is 1. The van der Waals surface area contributed by atoms with E-state index in [0.717, 1.165) is 0 Å². The largest absolute Gasteiger partial charge is 0.388 e. The Kier molecular flexibility index (Phi) is 4.40. The lowest BCUT2D eigenvalue weighted by Gasteiger charge is -2.48. The predicted octanol–water partition coefficient (Wildman–Crippen LogP) is 0.438. The van der Waals surface area contributed by atoms with Crippen molar-refractivity contribution in [2.45, 2.75) is 62.6 Å².